The molecule has 0 radical (unpaired) electrons. The molecule has 1 aromatic rings. The van der Waals surface area contributed by atoms with Crippen LogP contribution in [0, 0.1) is 6.92 Å². The maximum absolute atomic E-state index is 11.6. The summed E-state index contributed by atoms with van der Waals surface area (Å²) in [5, 5.41) is 6.17. The van der Waals surface area contributed by atoms with Crippen LogP contribution in [-0.4, -0.2) is 17.8 Å². The van der Waals surface area contributed by atoms with E-state index in [1.54, 1.807) is 0 Å². The third kappa shape index (κ3) is 2.97. The first-order valence-electron chi connectivity index (χ1n) is 4.24. The summed E-state index contributed by atoms with van der Waals surface area (Å²) in [4.78, 5) is 12.2. The number of hydrogen-bond donors (Lipinski definition) is 1. The molecule has 5 heteroatoms. The Labute approximate surface area is 101 Å². The van der Waals surface area contributed by atoms with Crippen LogP contribution in [0.4, 0.5) is 0 Å². The van der Waals surface area contributed by atoms with Gasteiger partial charge in [-0.3, -0.25) is 4.79 Å². The van der Waals surface area contributed by atoms with Gasteiger partial charge >= 0.3 is 0 Å². The van der Waals surface area contributed by atoms with Crippen molar-refractivity contribution in [1.29, 1.82) is 0 Å². The number of amides is 1. The number of carbonyl (C=O) groups is 1. The molecule has 0 aromatic carbocycles. The molecule has 0 aliphatic rings. The Kier molecular flexibility index (Phi) is 4.92. The number of aryl methyl sites for hydroxylation is 1. The van der Waals surface area contributed by atoms with Gasteiger partial charge < -0.3 is 5.32 Å². The molecule has 1 rings (SSSR count). The van der Waals surface area contributed by atoms with Crippen LogP contribution < -0.4 is 5.32 Å². The van der Waals surface area contributed by atoms with Gasteiger partial charge in [-0.1, -0.05) is 27.5 Å². The minimum atomic E-state index is -0.0750. The van der Waals surface area contributed by atoms with Crippen LogP contribution in [0.25, 0.3) is 0 Å². The van der Waals surface area contributed by atoms with Crippen molar-refractivity contribution >= 4 is 44.8 Å². The summed E-state index contributed by atoms with van der Waals surface area (Å²) in [6.45, 7) is 2.57. The third-order valence-electron chi connectivity index (χ3n) is 1.70. The monoisotopic (exact) mass is 295 g/mol. The standard InChI is InChI=1S/C9H11BrClNOS/c1-6-5-14-8(7(6)11)9(13)12-4-2-3-10/h5H,2-4H2,1H3,(H,12,13). The molecule has 14 heavy (non-hydrogen) atoms. The van der Waals surface area contributed by atoms with Gasteiger partial charge in [0, 0.05) is 11.9 Å². The molecule has 0 atom stereocenters. The van der Waals surface area contributed by atoms with Crippen LogP contribution >= 0.6 is 38.9 Å². The molecule has 0 saturated heterocycles. The molecule has 0 fully saturated rings. The number of carbonyl (C=O) groups excluding carboxylic acids is 1. The molecule has 1 aromatic heterocycles. The normalized spacial score (nSPS) is 10.2. The van der Waals surface area contributed by atoms with Gasteiger partial charge in [-0.2, -0.15) is 0 Å². The second-order valence-corrected chi connectivity index (χ2v) is 4.91. The fourth-order valence-corrected chi connectivity index (χ4v) is 2.41. The summed E-state index contributed by atoms with van der Waals surface area (Å²) >= 11 is 10.6. The summed E-state index contributed by atoms with van der Waals surface area (Å²) in [5.74, 6) is -0.0750. The first kappa shape index (κ1) is 12.0. The van der Waals surface area contributed by atoms with E-state index >= 15 is 0 Å². The topological polar surface area (TPSA) is 29.1 Å². The summed E-state index contributed by atoms with van der Waals surface area (Å²) in [6, 6.07) is 0. The minimum Gasteiger partial charge on any atom is -0.351 e. The quantitative estimate of drug-likeness (QED) is 0.671. The predicted molar refractivity (Wildman–Crippen MR) is 64.8 cm³/mol. The van der Waals surface area contributed by atoms with Gasteiger partial charge in [0.25, 0.3) is 5.91 Å². The van der Waals surface area contributed by atoms with Crippen molar-refractivity contribution in [2.45, 2.75) is 13.3 Å². The predicted octanol–water partition coefficient (Wildman–Crippen LogP) is 3.22. The van der Waals surface area contributed by atoms with E-state index in [0.29, 0.717) is 16.4 Å². The molecular formula is C9H11BrClNOS. The lowest BCUT2D eigenvalue weighted by atomic mass is 10.3. The Hall–Kier alpha value is -0.0600. The van der Waals surface area contributed by atoms with Crippen LogP contribution in [0.1, 0.15) is 21.7 Å². The Bertz CT molecular complexity index is 327. The van der Waals surface area contributed by atoms with E-state index in [1.165, 1.54) is 11.3 Å². The third-order valence-corrected chi connectivity index (χ3v) is 3.96. The Morgan fingerprint density at radius 2 is 2.43 bits per heavy atom. The smallest absolute Gasteiger partial charge is 0.262 e. The highest BCUT2D eigenvalue weighted by molar-refractivity contribution is 9.09. The molecule has 0 spiro atoms. The summed E-state index contributed by atoms with van der Waals surface area (Å²) in [6.07, 6.45) is 0.924. The lowest BCUT2D eigenvalue weighted by Gasteiger charge is -2.01. The fraction of sp³-hybridized carbons (Fsp3) is 0.444. The minimum absolute atomic E-state index is 0.0750. The Balaban J connectivity index is 2.56. The van der Waals surface area contributed by atoms with Crippen molar-refractivity contribution < 1.29 is 4.79 Å². The van der Waals surface area contributed by atoms with Crippen LogP contribution in [-0.2, 0) is 0 Å². The van der Waals surface area contributed by atoms with Crippen molar-refractivity contribution in [2.75, 3.05) is 11.9 Å². The largest absolute Gasteiger partial charge is 0.351 e. The highest BCUT2D eigenvalue weighted by atomic mass is 79.9. The van der Waals surface area contributed by atoms with E-state index < -0.39 is 0 Å². The van der Waals surface area contributed by atoms with E-state index in [1.807, 2.05) is 12.3 Å². The van der Waals surface area contributed by atoms with E-state index in [4.69, 9.17) is 11.6 Å². The molecule has 0 bridgehead atoms. The van der Waals surface area contributed by atoms with Crippen molar-refractivity contribution in [3.05, 3.63) is 20.8 Å². The highest BCUT2D eigenvalue weighted by Gasteiger charge is 2.13. The van der Waals surface area contributed by atoms with E-state index in [-0.39, 0.29) is 5.91 Å². The molecule has 0 saturated carbocycles. The van der Waals surface area contributed by atoms with Gasteiger partial charge in [0.15, 0.2) is 0 Å². The number of hydrogen-bond acceptors (Lipinski definition) is 2. The molecular weight excluding hydrogens is 286 g/mol. The zero-order valence-electron chi connectivity index (χ0n) is 7.77. The van der Waals surface area contributed by atoms with Crippen LogP contribution in [0.5, 0.6) is 0 Å². The molecule has 0 aliphatic heterocycles. The number of alkyl halides is 1. The maximum Gasteiger partial charge on any atom is 0.262 e. The molecule has 1 amide bonds. The first-order chi connectivity index (χ1) is 6.66. The SMILES string of the molecule is Cc1csc(C(=O)NCCCBr)c1Cl. The van der Waals surface area contributed by atoms with E-state index in [2.05, 4.69) is 21.2 Å². The van der Waals surface area contributed by atoms with E-state index in [0.717, 1.165) is 17.3 Å². The van der Waals surface area contributed by atoms with Crippen molar-refractivity contribution in [2.24, 2.45) is 0 Å². The van der Waals surface area contributed by atoms with Crippen LogP contribution in [0.2, 0.25) is 5.02 Å². The van der Waals surface area contributed by atoms with Gasteiger partial charge in [0.2, 0.25) is 0 Å². The average molecular weight is 297 g/mol. The van der Waals surface area contributed by atoms with Crippen LogP contribution in [0.3, 0.4) is 0 Å². The van der Waals surface area contributed by atoms with Crippen molar-refractivity contribution in [1.82, 2.24) is 5.32 Å². The van der Waals surface area contributed by atoms with Crippen molar-refractivity contribution in [3.63, 3.8) is 0 Å². The van der Waals surface area contributed by atoms with Gasteiger partial charge in [-0.05, 0) is 24.3 Å². The van der Waals surface area contributed by atoms with Gasteiger partial charge in [0.05, 0.1) is 5.02 Å². The first-order valence-corrected chi connectivity index (χ1v) is 6.62. The molecule has 1 heterocycles. The molecule has 2 nitrogen and oxygen atoms in total. The number of thiophene rings is 1. The maximum atomic E-state index is 11.6. The summed E-state index contributed by atoms with van der Waals surface area (Å²) in [7, 11) is 0. The number of rotatable bonds is 4. The van der Waals surface area contributed by atoms with Crippen molar-refractivity contribution in [3.8, 4) is 0 Å². The summed E-state index contributed by atoms with van der Waals surface area (Å²) < 4.78 is 0. The molecule has 78 valence electrons. The molecule has 1 N–H and O–H groups in total. The molecule has 0 unspecified atom stereocenters. The van der Waals surface area contributed by atoms with Gasteiger partial charge in [-0.15, -0.1) is 11.3 Å². The zero-order valence-corrected chi connectivity index (χ0v) is 10.9. The lowest BCUT2D eigenvalue weighted by Crippen LogP contribution is -2.24. The fourth-order valence-electron chi connectivity index (χ4n) is 0.932. The lowest BCUT2D eigenvalue weighted by molar-refractivity contribution is 0.0958. The van der Waals surface area contributed by atoms with Crippen LogP contribution in [0.15, 0.2) is 5.38 Å². The van der Waals surface area contributed by atoms with Gasteiger partial charge in [0.1, 0.15) is 4.88 Å². The number of halogens is 2. The second-order valence-electron chi connectivity index (χ2n) is 2.86. The molecule has 0 aliphatic carbocycles. The second kappa shape index (κ2) is 5.73. The van der Waals surface area contributed by atoms with E-state index in [9.17, 15) is 4.79 Å². The Morgan fingerprint density at radius 3 is 2.93 bits per heavy atom. The summed E-state index contributed by atoms with van der Waals surface area (Å²) in [5.41, 5.74) is 0.960. The van der Waals surface area contributed by atoms with Gasteiger partial charge in [-0.25, -0.2) is 0 Å². The Morgan fingerprint density at radius 1 is 1.71 bits per heavy atom. The number of nitrogens with one attached hydrogen (secondary N) is 1. The highest BCUT2D eigenvalue weighted by Crippen LogP contribution is 2.26. The zero-order chi connectivity index (χ0) is 10.6. The average Bonchev–Trinajstić information content (AvgIpc) is 2.48.